The molecule has 2 rings (SSSR count). The van der Waals surface area contributed by atoms with Crippen LogP contribution in [0.25, 0.3) is 0 Å². The lowest BCUT2D eigenvalue weighted by atomic mass is 10.3. The van der Waals surface area contributed by atoms with Crippen LogP contribution in [0.3, 0.4) is 0 Å². The van der Waals surface area contributed by atoms with E-state index in [1.807, 2.05) is 0 Å². The Morgan fingerprint density at radius 2 is 2.18 bits per heavy atom. The van der Waals surface area contributed by atoms with Crippen molar-refractivity contribution < 1.29 is 9.18 Å². The van der Waals surface area contributed by atoms with Gasteiger partial charge < -0.3 is 10.6 Å². The number of halogens is 2. The monoisotopic (exact) mass is 322 g/mol. The van der Waals surface area contributed by atoms with Crippen LogP contribution in [0, 0.1) is 5.82 Å². The fourth-order valence-corrected chi connectivity index (χ4v) is 1.90. The Kier molecular flexibility index (Phi) is 5.66. The largest absolute Gasteiger partial charge is 0.354 e. The highest BCUT2D eigenvalue weighted by molar-refractivity contribution is 6.31. The molecule has 0 aliphatic heterocycles. The minimum Gasteiger partial charge on any atom is -0.354 e. The summed E-state index contributed by atoms with van der Waals surface area (Å²) in [6.07, 6.45) is 3.56. The summed E-state index contributed by atoms with van der Waals surface area (Å²) in [6.45, 7) is 2.83. The molecule has 22 heavy (non-hydrogen) atoms. The molecule has 2 N–H and O–H groups in total. The van der Waals surface area contributed by atoms with Crippen molar-refractivity contribution in [2.75, 3.05) is 17.2 Å². The van der Waals surface area contributed by atoms with E-state index in [0.717, 1.165) is 19.4 Å². The van der Waals surface area contributed by atoms with Gasteiger partial charge in [0.15, 0.2) is 0 Å². The fraction of sp³-hybridized carbons (Fsp3) is 0.267. The number of hydrogen-bond acceptors (Lipinski definition) is 4. The van der Waals surface area contributed by atoms with E-state index < -0.39 is 11.7 Å². The third-order valence-corrected chi connectivity index (χ3v) is 3.17. The average Bonchev–Trinajstić information content (AvgIpc) is 2.51. The van der Waals surface area contributed by atoms with Crippen LogP contribution in [-0.2, 0) is 0 Å². The van der Waals surface area contributed by atoms with Crippen molar-refractivity contribution in [1.82, 2.24) is 9.97 Å². The van der Waals surface area contributed by atoms with Crippen molar-refractivity contribution in [3.05, 3.63) is 47.0 Å². The standard InChI is InChI=1S/C15H16ClFN4O/c1-2-3-7-18-15-19-8-6-13(21-15)14(22)20-10-4-5-12(17)11(16)9-10/h4-6,8-9H,2-3,7H2,1H3,(H,20,22)(H,18,19,21). The SMILES string of the molecule is CCCCNc1nccc(C(=O)Nc2ccc(F)c(Cl)c2)n1. The van der Waals surface area contributed by atoms with Gasteiger partial charge in [0.1, 0.15) is 11.5 Å². The number of unbranched alkanes of at least 4 members (excludes halogenated alkanes) is 1. The number of anilines is 2. The van der Waals surface area contributed by atoms with E-state index >= 15 is 0 Å². The maximum absolute atomic E-state index is 13.1. The Bertz CT molecular complexity index is 666. The van der Waals surface area contributed by atoms with E-state index in [1.54, 1.807) is 0 Å². The van der Waals surface area contributed by atoms with Crippen LogP contribution >= 0.6 is 11.6 Å². The number of nitrogens with zero attached hydrogens (tertiary/aromatic N) is 2. The minimum atomic E-state index is -0.538. The molecule has 7 heteroatoms. The van der Waals surface area contributed by atoms with Crippen molar-refractivity contribution in [1.29, 1.82) is 0 Å². The second kappa shape index (κ2) is 7.70. The fourth-order valence-electron chi connectivity index (χ4n) is 1.72. The first kappa shape index (κ1) is 16.2. The van der Waals surface area contributed by atoms with Gasteiger partial charge in [-0.25, -0.2) is 14.4 Å². The molecule has 0 aliphatic carbocycles. The lowest BCUT2D eigenvalue weighted by molar-refractivity contribution is 0.102. The first-order valence-electron chi connectivity index (χ1n) is 6.93. The number of amides is 1. The number of aromatic nitrogens is 2. The molecule has 0 unspecified atom stereocenters. The van der Waals surface area contributed by atoms with Crippen LogP contribution in [0.2, 0.25) is 5.02 Å². The Balaban J connectivity index is 2.05. The molecule has 116 valence electrons. The highest BCUT2D eigenvalue weighted by Crippen LogP contribution is 2.19. The van der Waals surface area contributed by atoms with Gasteiger partial charge in [0.25, 0.3) is 5.91 Å². The van der Waals surface area contributed by atoms with Crippen LogP contribution in [0.5, 0.6) is 0 Å². The highest BCUT2D eigenvalue weighted by atomic mass is 35.5. The van der Waals surface area contributed by atoms with Crippen LogP contribution < -0.4 is 10.6 Å². The molecule has 1 heterocycles. The average molecular weight is 323 g/mol. The maximum Gasteiger partial charge on any atom is 0.274 e. The van der Waals surface area contributed by atoms with Crippen molar-refractivity contribution >= 4 is 29.1 Å². The summed E-state index contributed by atoms with van der Waals surface area (Å²) < 4.78 is 13.1. The van der Waals surface area contributed by atoms with Crippen molar-refractivity contribution in [2.45, 2.75) is 19.8 Å². The lowest BCUT2D eigenvalue weighted by Crippen LogP contribution is -2.15. The van der Waals surface area contributed by atoms with E-state index in [2.05, 4.69) is 27.5 Å². The number of carbonyl (C=O) groups is 1. The molecular formula is C15H16ClFN4O. The predicted octanol–water partition coefficient (Wildman–Crippen LogP) is 3.73. The van der Waals surface area contributed by atoms with E-state index in [0.29, 0.717) is 11.6 Å². The van der Waals surface area contributed by atoms with E-state index in [9.17, 15) is 9.18 Å². The van der Waals surface area contributed by atoms with Gasteiger partial charge in [0.05, 0.1) is 5.02 Å². The topological polar surface area (TPSA) is 66.9 Å². The lowest BCUT2D eigenvalue weighted by Gasteiger charge is -2.07. The Labute approximate surface area is 132 Å². The van der Waals surface area contributed by atoms with Gasteiger partial charge in [0, 0.05) is 18.4 Å². The second-order valence-electron chi connectivity index (χ2n) is 4.63. The van der Waals surface area contributed by atoms with Gasteiger partial charge in [-0.15, -0.1) is 0 Å². The zero-order valence-electron chi connectivity index (χ0n) is 12.1. The molecule has 0 atom stereocenters. The van der Waals surface area contributed by atoms with E-state index in [4.69, 9.17) is 11.6 Å². The zero-order valence-corrected chi connectivity index (χ0v) is 12.8. The number of hydrogen-bond donors (Lipinski definition) is 2. The molecule has 5 nitrogen and oxygen atoms in total. The van der Waals surface area contributed by atoms with Gasteiger partial charge in [-0.05, 0) is 30.7 Å². The number of carbonyl (C=O) groups excluding carboxylic acids is 1. The molecule has 0 spiro atoms. The summed E-state index contributed by atoms with van der Waals surface area (Å²) >= 11 is 5.68. The number of rotatable bonds is 6. The summed E-state index contributed by atoms with van der Waals surface area (Å²) in [6, 6.07) is 5.47. The Morgan fingerprint density at radius 3 is 2.91 bits per heavy atom. The van der Waals surface area contributed by atoms with Crippen molar-refractivity contribution in [3.8, 4) is 0 Å². The van der Waals surface area contributed by atoms with Crippen LogP contribution in [0.4, 0.5) is 16.0 Å². The van der Waals surface area contributed by atoms with Crippen LogP contribution in [0.1, 0.15) is 30.3 Å². The number of nitrogens with one attached hydrogen (secondary N) is 2. The Morgan fingerprint density at radius 1 is 1.36 bits per heavy atom. The third kappa shape index (κ3) is 4.39. The van der Waals surface area contributed by atoms with Gasteiger partial charge in [0.2, 0.25) is 5.95 Å². The molecule has 0 saturated heterocycles. The van der Waals surface area contributed by atoms with E-state index in [1.165, 1.54) is 30.5 Å². The summed E-state index contributed by atoms with van der Waals surface area (Å²) in [5.74, 6) is -0.550. The second-order valence-corrected chi connectivity index (χ2v) is 5.04. The molecular weight excluding hydrogens is 307 g/mol. The summed E-state index contributed by atoms with van der Waals surface area (Å²) in [5, 5.41) is 5.61. The summed E-state index contributed by atoms with van der Waals surface area (Å²) in [7, 11) is 0. The van der Waals surface area contributed by atoms with Gasteiger partial charge in [-0.2, -0.15) is 0 Å². The molecule has 1 aromatic heterocycles. The molecule has 0 bridgehead atoms. The zero-order chi connectivity index (χ0) is 15.9. The quantitative estimate of drug-likeness (QED) is 0.795. The van der Waals surface area contributed by atoms with Crippen LogP contribution in [-0.4, -0.2) is 22.4 Å². The first-order chi connectivity index (χ1) is 10.6. The minimum absolute atomic E-state index is 0.0533. The molecule has 1 aromatic carbocycles. The third-order valence-electron chi connectivity index (χ3n) is 2.88. The molecule has 0 fully saturated rings. The first-order valence-corrected chi connectivity index (χ1v) is 7.31. The van der Waals surface area contributed by atoms with Crippen molar-refractivity contribution in [2.24, 2.45) is 0 Å². The Hall–Kier alpha value is -2.21. The van der Waals surface area contributed by atoms with E-state index in [-0.39, 0.29) is 10.7 Å². The van der Waals surface area contributed by atoms with Crippen LogP contribution in [0.15, 0.2) is 30.5 Å². The maximum atomic E-state index is 13.1. The highest BCUT2D eigenvalue weighted by Gasteiger charge is 2.10. The van der Waals surface area contributed by atoms with Gasteiger partial charge in [-0.3, -0.25) is 4.79 Å². The van der Waals surface area contributed by atoms with Gasteiger partial charge in [-0.1, -0.05) is 24.9 Å². The summed E-state index contributed by atoms with van der Waals surface area (Å²) in [5.41, 5.74) is 0.616. The van der Waals surface area contributed by atoms with Gasteiger partial charge >= 0.3 is 0 Å². The smallest absolute Gasteiger partial charge is 0.274 e. The molecule has 1 amide bonds. The molecule has 0 radical (unpaired) electrons. The normalized spacial score (nSPS) is 10.3. The molecule has 2 aromatic rings. The predicted molar refractivity (Wildman–Crippen MR) is 84.8 cm³/mol. The molecule has 0 saturated carbocycles. The van der Waals surface area contributed by atoms with Crippen molar-refractivity contribution in [3.63, 3.8) is 0 Å². The molecule has 0 aliphatic rings. The summed E-state index contributed by atoms with van der Waals surface area (Å²) in [4.78, 5) is 20.3. The number of benzene rings is 1.